The number of piperazine rings is 1. The highest BCUT2D eigenvalue weighted by atomic mass is 35.5. The van der Waals surface area contributed by atoms with E-state index < -0.39 is 11.6 Å². The smallest absolute Gasteiger partial charge is 0.254 e. The predicted molar refractivity (Wildman–Crippen MR) is 163 cm³/mol. The second-order valence-electron chi connectivity index (χ2n) is 10.1. The van der Waals surface area contributed by atoms with Crippen molar-refractivity contribution >= 4 is 29.2 Å². The van der Waals surface area contributed by atoms with E-state index in [9.17, 15) is 8.78 Å². The van der Waals surface area contributed by atoms with Crippen LogP contribution in [-0.4, -0.2) is 64.5 Å². The summed E-state index contributed by atoms with van der Waals surface area (Å²) in [7, 11) is 1.64. The largest absolute Gasteiger partial charge is 0.497 e. The number of nitrogens with one attached hydrogen (secondary N) is 1. The number of nitrogens with zero attached hydrogens (tertiary/aromatic N) is 6. The van der Waals surface area contributed by atoms with E-state index in [1.54, 1.807) is 17.9 Å². The first kappa shape index (κ1) is 29.5. The summed E-state index contributed by atoms with van der Waals surface area (Å²) < 4.78 is 34.2. The molecule has 1 N–H and O–H groups in total. The molecular formula is C31H34ClF2N7O. The van der Waals surface area contributed by atoms with Crippen LogP contribution in [0.5, 0.6) is 5.75 Å². The summed E-state index contributed by atoms with van der Waals surface area (Å²) in [5.74, 6) is 0.717. The van der Waals surface area contributed by atoms with Crippen molar-refractivity contribution < 1.29 is 13.5 Å². The predicted octanol–water partition coefficient (Wildman–Crippen LogP) is 6.00. The van der Waals surface area contributed by atoms with Crippen LogP contribution in [0.15, 0.2) is 60.8 Å². The van der Waals surface area contributed by atoms with Crippen molar-refractivity contribution in [2.45, 2.75) is 26.3 Å². The number of ether oxygens (including phenoxy) is 1. The maximum absolute atomic E-state index is 13.6. The lowest BCUT2D eigenvalue weighted by atomic mass is 10.1. The van der Waals surface area contributed by atoms with Gasteiger partial charge in [-0.05, 0) is 36.2 Å². The summed E-state index contributed by atoms with van der Waals surface area (Å²) in [6.45, 7) is 6.45. The van der Waals surface area contributed by atoms with E-state index in [1.807, 2.05) is 35.4 Å². The summed E-state index contributed by atoms with van der Waals surface area (Å²) in [5.41, 5.74) is 3.67. The van der Waals surface area contributed by atoms with Crippen molar-refractivity contribution in [2.75, 3.05) is 50.1 Å². The number of hydrogen-bond donors (Lipinski definition) is 1. The van der Waals surface area contributed by atoms with Crippen LogP contribution in [0.1, 0.15) is 30.2 Å². The van der Waals surface area contributed by atoms with Crippen LogP contribution < -0.4 is 15.0 Å². The van der Waals surface area contributed by atoms with Crippen molar-refractivity contribution in [1.82, 2.24) is 24.6 Å². The van der Waals surface area contributed by atoms with Crippen LogP contribution >= 0.6 is 11.6 Å². The van der Waals surface area contributed by atoms with E-state index in [1.165, 1.54) is 12.1 Å². The van der Waals surface area contributed by atoms with Gasteiger partial charge in [-0.2, -0.15) is 15.1 Å². The average molecular weight is 594 g/mol. The summed E-state index contributed by atoms with van der Waals surface area (Å²) in [4.78, 5) is 13.5. The number of halogens is 3. The summed E-state index contributed by atoms with van der Waals surface area (Å²) >= 11 is 6.38. The first-order chi connectivity index (χ1) is 20.4. The first-order valence-corrected chi connectivity index (χ1v) is 14.4. The Bertz CT molecular complexity index is 1500. The molecule has 0 radical (unpaired) electrons. The molecule has 1 fully saturated rings. The molecule has 5 rings (SSSR count). The lowest BCUT2D eigenvalue weighted by Crippen LogP contribution is -2.46. The molecule has 2 aromatic heterocycles. The van der Waals surface area contributed by atoms with Gasteiger partial charge in [0.1, 0.15) is 28.4 Å². The number of anilines is 2. The fourth-order valence-electron chi connectivity index (χ4n) is 4.95. The normalized spacial score (nSPS) is 14.1. The molecule has 0 amide bonds. The number of hydrogen-bond acceptors (Lipinski definition) is 7. The monoisotopic (exact) mass is 593 g/mol. The quantitative estimate of drug-likeness (QED) is 0.214. The van der Waals surface area contributed by atoms with Crippen LogP contribution in [0.25, 0.3) is 12.0 Å². The number of methoxy groups -OCH3 is 1. The third-order valence-electron chi connectivity index (χ3n) is 7.14. The maximum atomic E-state index is 13.6. The van der Waals surface area contributed by atoms with Gasteiger partial charge in [0.25, 0.3) is 5.95 Å². The Kier molecular flexibility index (Phi) is 9.66. The zero-order chi connectivity index (χ0) is 29.5. The highest BCUT2D eigenvalue weighted by Gasteiger charge is 2.18. The number of aromatic nitrogens is 4. The van der Waals surface area contributed by atoms with Gasteiger partial charge in [0, 0.05) is 62.7 Å². The molecule has 11 heteroatoms. The zero-order valence-corrected chi connectivity index (χ0v) is 24.5. The molecule has 0 atom stereocenters. The molecule has 0 unspecified atom stereocenters. The van der Waals surface area contributed by atoms with Gasteiger partial charge in [-0.1, -0.05) is 49.2 Å². The lowest BCUT2D eigenvalue weighted by molar-refractivity contribution is 0.284. The van der Waals surface area contributed by atoms with Gasteiger partial charge < -0.3 is 15.0 Å². The third-order valence-corrected chi connectivity index (χ3v) is 7.33. The van der Waals surface area contributed by atoms with Crippen LogP contribution in [-0.2, 0) is 13.0 Å². The molecule has 0 bridgehead atoms. The maximum Gasteiger partial charge on any atom is 0.254 e. The van der Waals surface area contributed by atoms with Crippen LogP contribution in [0.2, 0.25) is 5.15 Å². The molecule has 0 spiro atoms. The Morgan fingerprint density at radius 3 is 2.43 bits per heavy atom. The van der Waals surface area contributed by atoms with Crippen molar-refractivity contribution in [3.63, 3.8) is 0 Å². The Labute approximate surface area is 249 Å². The zero-order valence-electron chi connectivity index (χ0n) is 23.7. The Balaban J connectivity index is 1.23. The SMILES string of the molecule is CCCc1c(/C=C/CN2CCN(c3cc(F)cc(F)c3)CC2)cnn1-c1nc(Cl)cc(NCc2ccc(OC)cc2)n1. The minimum atomic E-state index is -0.553. The molecule has 1 aliphatic heterocycles. The van der Waals surface area contributed by atoms with Crippen molar-refractivity contribution in [3.8, 4) is 11.7 Å². The molecule has 220 valence electrons. The third kappa shape index (κ3) is 7.43. The van der Waals surface area contributed by atoms with Gasteiger partial charge in [0.2, 0.25) is 0 Å². The summed E-state index contributed by atoms with van der Waals surface area (Å²) in [6.07, 6.45) is 7.76. The molecule has 1 saturated heterocycles. The number of rotatable bonds is 11. The minimum absolute atomic E-state index is 0.326. The molecular weight excluding hydrogens is 560 g/mol. The lowest BCUT2D eigenvalue weighted by Gasteiger charge is -2.35. The fraction of sp³-hybridized carbons (Fsp3) is 0.323. The van der Waals surface area contributed by atoms with E-state index >= 15 is 0 Å². The first-order valence-electron chi connectivity index (χ1n) is 14.0. The van der Waals surface area contributed by atoms with E-state index in [4.69, 9.17) is 21.3 Å². The average Bonchev–Trinajstić information content (AvgIpc) is 3.38. The van der Waals surface area contributed by atoms with Gasteiger partial charge in [0.05, 0.1) is 19.0 Å². The fourth-order valence-corrected chi connectivity index (χ4v) is 5.13. The topological polar surface area (TPSA) is 71.3 Å². The Morgan fingerprint density at radius 2 is 1.74 bits per heavy atom. The highest BCUT2D eigenvalue weighted by Crippen LogP contribution is 2.22. The molecule has 42 heavy (non-hydrogen) atoms. The van der Waals surface area contributed by atoms with Gasteiger partial charge in [0.15, 0.2) is 0 Å². The van der Waals surface area contributed by atoms with Crippen LogP contribution in [0.4, 0.5) is 20.3 Å². The van der Waals surface area contributed by atoms with Gasteiger partial charge in [-0.15, -0.1) is 0 Å². The second kappa shape index (κ2) is 13.8. The van der Waals surface area contributed by atoms with E-state index in [0.717, 1.165) is 61.1 Å². The molecule has 1 aliphatic rings. The van der Waals surface area contributed by atoms with E-state index in [0.29, 0.717) is 42.2 Å². The van der Waals surface area contributed by atoms with Gasteiger partial charge in [-0.3, -0.25) is 4.90 Å². The Hall–Kier alpha value is -4.02. The molecule has 4 aromatic rings. The molecule has 0 aliphatic carbocycles. The molecule has 0 saturated carbocycles. The molecule has 8 nitrogen and oxygen atoms in total. The van der Waals surface area contributed by atoms with E-state index in [2.05, 4.69) is 39.4 Å². The summed E-state index contributed by atoms with van der Waals surface area (Å²) in [6, 6.07) is 13.2. The second-order valence-corrected chi connectivity index (χ2v) is 10.5. The van der Waals surface area contributed by atoms with Crippen molar-refractivity contribution in [1.29, 1.82) is 0 Å². The van der Waals surface area contributed by atoms with Gasteiger partial charge >= 0.3 is 0 Å². The van der Waals surface area contributed by atoms with Crippen LogP contribution in [0, 0.1) is 11.6 Å². The molecule has 2 aromatic carbocycles. The van der Waals surface area contributed by atoms with Gasteiger partial charge in [-0.25, -0.2) is 13.5 Å². The highest BCUT2D eigenvalue weighted by molar-refractivity contribution is 6.29. The number of benzene rings is 2. The standard InChI is InChI=1S/C31H34ClF2N7O/c1-3-5-28-23(6-4-11-39-12-14-40(15-13-39)26-17-24(33)16-25(34)18-26)21-36-41(28)31-37-29(32)19-30(38-31)35-20-22-7-9-27(42-2)10-8-22/h4,6-10,16-19,21H,3,5,11-15,20H2,1-2H3,(H,35,37,38)/b6-4+. The van der Waals surface area contributed by atoms with Crippen molar-refractivity contribution in [2.24, 2.45) is 0 Å². The molecule has 3 heterocycles. The minimum Gasteiger partial charge on any atom is -0.497 e. The summed E-state index contributed by atoms with van der Waals surface area (Å²) in [5, 5.41) is 8.25. The van der Waals surface area contributed by atoms with Crippen LogP contribution in [0.3, 0.4) is 0 Å². The Morgan fingerprint density at radius 1 is 1.00 bits per heavy atom. The van der Waals surface area contributed by atoms with E-state index in [-0.39, 0.29) is 0 Å². The van der Waals surface area contributed by atoms with Crippen molar-refractivity contribution in [3.05, 3.63) is 94.4 Å².